The molecule has 0 unspecified atom stereocenters. The number of aromatic hydroxyl groups is 1. The number of nitrogens with one attached hydrogen (secondary N) is 1. The quantitative estimate of drug-likeness (QED) is 0.774. The maximum absolute atomic E-state index is 13.1. The van der Waals surface area contributed by atoms with Crippen LogP contribution in [-0.2, 0) is 19.7 Å². The van der Waals surface area contributed by atoms with Crippen molar-refractivity contribution < 1.29 is 14.6 Å². The van der Waals surface area contributed by atoms with E-state index in [9.17, 15) is 9.50 Å². The predicted molar refractivity (Wildman–Crippen MR) is 71.0 cm³/mol. The van der Waals surface area contributed by atoms with Crippen molar-refractivity contribution in [3.63, 3.8) is 0 Å². The molecule has 0 bridgehead atoms. The van der Waals surface area contributed by atoms with Crippen LogP contribution in [0, 0.1) is 5.82 Å². The van der Waals surface area contributed by atoms with Gasteiger partial charge in [0.05, 0.1) is 6.61 Å². The molecule has 0 aliphatic heterocycles. The van der Waals surface area contributed by atoms with Crippen molar-refractivity contribution in [3.8, 4) is 5.75 Å². The van der Waals surface area contributed by atoms with Crippen LogP contribution in [0.1, 0.15) is 16.7 Å². The number of hydrogen-bond acceptors (Lipinski definition) is 3. The van der Waals surface area contributed by atoms with Crippen LogP contribution in [0.4, 0.5) is 4.39 Å². The maximum atomic E-state index is 13.1. The Morgan fingerprint density at radius 2 is 1.68 bits per heavy atom. The van der Waals surface area contributed by atoms with Crippen LogP contribution in [-0.4, -0.2) is 10.2 Å². The first-order valence-electron chi connectivity index (χ1n) is 6.05. The third-order valence-electron chi connectivity index (χ3n) is 2.77. The van der Waals surface area contributed by atoms with Gasteiger partial charge < -0.3 is 15.5 Å². The highest BCUT2D eigenvalue weighted by molar-refractivity contribution is 5.28. The van der Waals surface area contributed by atoms with Gasteiger partial charge >= 0.3 is 0 Å². The molecule has 0 radical (unpaired) electrons. The van der Waals surface area contributed by atoms with Gasteiger partial charge in [-0.15, -0.1) is 0 Å². The molecule has 0 heterocycles. The summed E-state index contributed by atoms with van der Waals surface area (Å²) >= 11 is 0. The van der Waals surface area contributed by atoms with Gasteiger partial charge in [-0.3, -0.25) is 0 Å². The molecular weight excluding hydrogens is 245 g/mol. The first-order valence-corrected chi connectivity index (χ1v) is 6.05. The zero-order valence-corrected chi connectivity index (χ0v) is 10.4. The Morgan fingerprint density at radius 3 is 2.42 bits per heavy atom. The molecule has 0 saturated carbocycles. The number of hydrogen-bond donors (Lipinski definition) is 3. The number of halogens is 1. The average molecular weight is 261 g/mol. The fourth-order valence-electron chi connectivity index (χ4n) is 1.92. The highest BCUT2D eigenvalue weighted by Crippen LogP contribution is 2.14. The van der Waals surface area contributed by atoms with Crippen molar-refractivity contribution in [2.75, 3.05) is 0 Å². The molecule has 3 nitrogen and oxygen atoms in total. The summed E-state index contributed by atoms with van der Waals surface area (Å²) in [4.78, 5) is 0. The summed E-state index contributed by atoms with van der Waals surface area (Å²) in [6.45, 7) is 1.10. The van der Waals surface area contributed by atoms with E-state index in [2.05, 4.69) is 5.32 Å². The molecule has 0 aliphatic rings. The van der Waals surface area contributed by atoms with E-state index in [4.69, 9.17) is 5.11 Å². The Hall–Kier alpha value is -1.91. The number of aliphatic hydroxyl groups is 1. The van der Waals surface area contributed by atoms with Crippen LogP contribution < -0.4 is 5.32 Å². The normalized spacial score (nSPS) is 10.6. The summed E-state index contributed by atoms with van der Waals surface area (Å²) in [7, 11) is 0. The highest BCUT2D eigenvalue weighted by atomic mass is 19.1. The predicted octanol–water partition coefficient (Wildman–Crippen LogP) is 2.31. The lowest BCUT2D eigenvalue weighted by atomic mass is 10.1. The Labute approximate surface area is 111 Å². The number of rotatable bonds is 5. The number of benzene rings is 2. The van der Waals surface area contributed by atoms with Crippen molar-refractivity contribution in [2.24, 2.45) is 0 Å². The Balaban J connectivity index is 1.92. The second-order valence-corrected chi connectivity index (χ2v) is 4.40. The van der Waals surface area contributed by atoms with Crippen molar-refractivity contribution in [3.05, 3.63) is 65.0 Å². The molecule has 4 heteroatoms. The summed E-state index contributed by atoms with van der Waals surface area (Å²) in [5.41, 5.74) is 2.60. The topological polar surface area (TPSA) is 52.5 Å². The zero-order valence-electron chi connectivity index (χ0n) is 10.4. The molecule has 0 amide bonds. The van der Waals surface area contributed by atoms with E-state index in [-0.39, 0.29) is 12.4 Å². The average Bonchev–Trinajstić information content (AvgIpc) is 2.38. The second-order valence-electron chi connectivity index (χ2n) is 4.40. The van der Waals surface area contributed by atoms with Crippen molar-refractivity contribution >= 4 is 0 Å². The van der Waals surface area contributed by atoms with Crippen molar-refractivity contribution in [2.45, 2.75) is 19.7 Å². The first kappa shape index (κ1) is 13.5. The maximum Gasteiger partial charge on any atom is 0.127 e. The largest absolute Gasteiger partial charge is 0.508 e. The van der Waals surface area contributed by atoms with Gasteiger partial charge in [0.1, 0.15) is 11.6 Å². The van der Waals surface area contributed by atoms with Gasteiger partial charge in [-0.1, -0.05) is 24.3 Å². The highest BCUT2D eigenvalue weighted by Gasteiger charge is 2.00. The third-order valence-corrected chi connectivity index (χ3v) is 2.77. The van der Waals surface area contributed by atoms with Gasteiger partial charge in [-0.05, 0) is 28.8 Å². The lowest BCUT2D eigenvalue weighted by Crippen LogP contribution is -2.12. The molecule has 0 atom stereocenters. The van der Waals surface area contributed by atoms with Crippen LogP contribution in [0.15, 0.2) is 42.5 Å². The van der Waals surface area contributed by atoms with Gasteiger partial charge in [0.15, 0.2) is 0 Å². The summed E-state index contributed by atoms with van der Waals surface area (Å²) in [6, 6.07) is 11.6. The Kier molecular flexibility index (Phi) is 4.49. The Bertz CT molecular complexity index is 537. The van der Waals surface area contributed by atoms with Gasteiger partial charge in [0.2, 0.25) is 0 Å². The fraction of sp³-hybridized carbons (Fsp3) is 0.200. The SMILES string of the molecule is OCc1cccc(CNCc2cc(O)cc(F)c2)c1. The Morgan fingerprint density at radius 1 is 0.947 bits per heavy atom. The summed E-state index contributed by atoms with van der Waals surface area (Å²) < 4.78 is 13.1. The van der Waals surface area contributed by atoms with Crippen molar-refractivity contribution in [1.29, 1.82) is 0 Å². The van der Waals surface area contributed by atoms with E-state index in [1.165, 1.54) is 12.1 Å². The van der Waals surface area contributed by atoms with Crippen LogP contribution >= 0.6 is 0 Å². The third kappa shape index (κ3) is 4.05. The molecule has 0 saturated heterocycles. The molecule has 2 aromatic rings. The zero-order chi connectivity index (χ0) is 13.7. The monoisotopic (exact) mass is 261 g/mol. The van der Waals surface area contributed by atoms with Crippen molar-refractivity contribution in [1.82, 2.24) is 5.32 Å². The molecule has 100 valence electrons. The summed E-state index contributed by atoms with van der Waals surface area (Å²) in [5.74, 6) is -0.516. The lowest BCUT2D eigenvalue weighted by molar-refractivity contribution is 0.281. The fourth-order valence-corrected chi connectivity index (χ4v) is 1.92. The smallest absolute Gasteiger partial charge is 0.127 e. The summed E-state index contributed by atoms with van der Waals surface area (Å²) in [5, 5.41) is 21.5. The van der Waals surface area contributed by atoms with Crippen LogP contribution in [0.25, 0.3) is 0 Å². The van der Waals surface area contributed by atoms with Gasteiger partial charge in [0.25, 0.3) is 0 Å². The van der Waals surface area contributed by atoms with Crippen LogP contribution in [0.2, 0.25) is 0 Å². The minimum Gasteiger partial charge on any atom is -0.508 e. The van der Waals surface area contributed by atoms with E-state index in [1.807, 2.05) is 24.3 Å². The van der Waals surface area contributed by atoms with Gasteiger partial charge in [-0.2, -0.15) is 0 Å². The van der Waals surface area contributed by atoms with Crippen LogP contribution in [0.5, 0.6) is 5.75 Å². The van der Waals surface area contributed by atoms with Crippen LogP contribution in [0.3, 0.4) is 0 Å². The minimum absolute atomic E-state index is 0.0195. The van der Waals surface area contributed by atoms with E-state index >= 15 is 0 Å². The van der Waals surface area contributed by atoms with E-state index < -0.39 is 5.82 Å². The standard InChI is InChI=1S/C15H16FNO2/c16-14-5-13(6-15(19)7-14)9-17-8-11-2-1-3-12(4-11)10-18/h1-7,17-19H,8-10H2. The van der Waals surface area contributed by atoms with E-state index in [1.54, 1.807) is 0 Å². The van der Waals surface area contributed by atoms with E-state index in [0.29, 0.717) is 18.7 Å². The first-order chi connectivity index (χ1) is 9.17. The summed E-state index contributed by atoms with van der Waals surface area (Å²) in [6.07, 6.45) is 0. The molecule has 0 spiro atoms. The molecule has 0 aliphatic carbocycles. The van der Waals surface area contributed by atoms with Gasteiger partial charge in [-0.25, -0.2) is 4.39 Å². The minimum atomic E-state index is -0.445. The van der Waals surface area contributed by atoms with Gasteiger partial charge in [0, 0.05) is 19.2 Å². The lowest BCUT2D eigenvalue weighted by Gasteiger charge is -2.07. The number of aliphatic hydroxyl groups excluding tert-OH is 1. The molecule has 2 aromatic carbocycles. The molecule has 3 N–H and O–H groups in total. The molecule has 19 heavy (non-hydrogen) atoms. The number of phenols is 1. The molecule has 2 rings (SSSR count). The molecular formula is C15H16FNO2. The number of phenolic OH excluding ortho intramolecular Hbond substituents is 1. The second kappa shape index (κ2) is 6.31. The molecule has 0 fully saturated rings. The van der Waals surface area contributed by atoms with E-state index in [0.717, 1.165) is 17.2 Å². The molecule has 0 aromatic heterocycles.